The number of hydrogen-bond acceptors (Lipinski definition) is 11. The zero-order valence-corrected chi connectivity index (χ0v) is 46.8. The molecule has 0 spiro atoms. The highest BCUT2D eigenvalue weighted by molar-refractivity contribution is 5.67. The van der Waals surface area contributed by atoms with Crippen molar-refractivity contribution in [2.75, 3.05) is 53.2 Å². The van der Waals surface area contributed by atoms with Crippen LogP contribution < -0.4 is 28.4 Å². The van der Waals surface area contributed by atoms with Crippen LogP contribution >= 0.6 is 0 Å². The van der Waals surface area contributed by atoms with Gasteiger partial charge in [0.2, 0.25) is 13.6 Å². The molecule has 0 saturated carbocycles. The van der Waals surface area contributed by atoms with Crippen LogP contribution in [0.25, 0.3) is 0 Å². The Labute approximate surface area is 479 Å². The summed E-state index contributed by atoms with van der Waals surface area (Å²) in [6.07, 6.45) is 1.04. The summed E-state index contributed by atoms with van der Waals surface area (Å²) in [4.78, 5) is 0. The molecular formula is C71H68O11. The van der Waals surface area contributed by atoms with E-state index in [0.717, 1.165) is 82.6 Å². The lowest BCUT2D eigenvalue weighted by atomic mass is 9.69. The molecule has 7 unspecified atom stereocenters. The molecular weight excluding hydrogens is 1030 g/mol. The molecule has 14 rings (SSSR count). The first-order chi connectivity index (χ1) is 39.9. The van der Waals surface area contributed by atoms with E-state index in [9.17, 15) is 5.11 Å². The second-order valence-corrected chi connectivity index (χ2v) is 23.8. The first-order valence-corrected chi connectivity index (χ1v) is 28.8. The van der Waals surface area contributed by atoms with E-state index in [1.165, 1.54) is 38.9 Å². The highest BCUT2D eigenvalue weighted by atomic mass is 16.7. The summed E-state index contributed by atoms with van der Waals surface area (Å²) in [5, 5.41) is 11.5. The maximum absolute atomic E-state index is 11.5. The zero-order valence-electron chi connectivity index (χ0n) is 46.8. The number of ether oxygens (including phenoxy) is 10. The van der Waals surface area contributed by atoms with Gasteiger partial charge in [0, 0.05) is 22.7 Å². The van der Waals surface area contributed by atoms with Crippen molar-refractivity contribution in [3.8, 4) is 34.5 Å². The number of fused-ring (bicyclic) bond motifs is 4. The van der Waals surface area contributed by atoms with Crippen molar-refractivity contribution in [1.29, 1.82) is 0 Å². The summed E-state index contributed by atoms with van der Waals surface area (Å²) < 4.78 is 60.4. The topological polar surface area (TPSA) is 119 Å². The van der Waals surface area contributed by atoms with Gasteiger partial charge in [0.05, 0.1) is 37.6 Å². The van der Waals surface area contributed by atoms with Gasteiger partial charge in [0.1, 0.15) is 43.0 Å². The minimum absolute atomic E-state index is 0.0508. The van der Waals surface area contributed by atoms with E-state index >= 15 is 0 Å². The number of aliphatic hydroxyl groups excluding tert-OH is 1. The summed E-state index contributed by atoms with van der Waals surface area (Å²) in [5.41, 5.74) is 11.7. The summed E-state index contributed by atoms with van der Waals surface area (Å²) in [5.74, 6) is 4.71. The normalized spacial score (nSPS) is 23.0. The van der Waals surface area contributed by atoms with Crippen molar-refractivity contribution in [2.45, 2.75) is 92.7 Å². The second kappa shape index (κ2) is 21.0. The van der Waals surface area contributed by atoms with E-state index in [1.54, 1.807) is 0 Å². The van der Waals surface area contributed by atoms with E-state index < -0.39 is 28.1 Å². The van der Waals surface area contributed by atoms with Gasteiger partial charge in [0.25, 0.3) is 0 Å². The van der Waals surface area contributed by atoms with Crippen LogP contribution in [0.5, 0.6) is 34.5 Å². The zero-order chi connectivity index (χ0) is 55.6. The molecule has 2 aliphatic carbocycles. The van der Waals surface area contributed by atoms with Crippen LogP contribution in [0.3, 0.4) is 0 Å². The second-order valence-electron chi connectivity index (χ2n) is 23.8. The minimum atomic E-state index is -0.893. The highest BCUT2D eigenvalue weighted by Crippen LogP contribution is 2.60. The van der Waals surface area contributed by atoms with Crippen molar-refractivity contribution in [2.24, 2.45) is 0 Å². The van der Waals surface area contributed by atoms with Gasteiger partial charge in [-0.2, -0.15) is 0 Å². The lowest BCUT2D eigenvalue weighted by Gasteiger charge is -2.34. The van der Waals surface area contributed by atoms with Crippen LogP contribution in [0.15, 0.2) is 182 Å². The molecule has 2 fully saturated rings. The molecule has 1 N–H and O–H groups in total. The molecule has 7 atom stereocenters. The Hall–Kier alpha value is -7.64. The summed E-state index contributed by atoms with van der Waals surface area (Å²) in [6.45, 7) is 11.4. The third kappa shape index (κ3) is 9.75. The quantitative estimate of drug-likeness (QED) is 0.0735. The first kappa shape index (κ1) is 52.4. The van der Waals surface area contributed by atoms with Crippen LogP contribution in [-0.4, -0.2) is 76.6 Å². The van der Waals surface area contributed by atoms with E-state index in [2.05, 4.69) is 184 Å². The first-order valence-electron chi connectivity index (χ1n) is 28.8. The Morgan fingerprint density at radius 2 is 0.854 bits per heavy atom. The fourth-order valence-corrected chi connectivity index (χ4v) is 13.2. The number of epoxide rings is 2. The lowest BCUT2D eigenvalue weighted by Crippen LogP contribution is -2.31. The van der Waals surface area contributed by atoms with Gasteiger partial charge >= 0.3 is 0 Å². The fraction of sp³-hybridized carbons (Fsp3) is 0.324. The monoisotopic (exact) mass is 1100 g/mol. The van der Waals surface area contributed by atoms with Crippen molar-refractivity contribution in [1.82, 2.24) is 0 Å². The van der Waals surface area contributed by atoms with Crippen LogP contribution in [-0.2, 0) is 41.0 Å². The van der Waals surface area contributed by atoms with Gasteiger partial charge in [-0.3, -0.25) is 0 Å². The van der Waals surface area contributed by atoms with Gasteiger partial charge in [-0.05, 0) is 156 Å². The molecule has 418 valence electrons. The van der Waals surface area contributed by atoms with Crippen LogP contribution in [0, 0.1) is 0 Å². The summed E-state index contributed by atoms with van der Waals surface area (Å²) in [6, 6.07) is 64.9. The maximum atomic E-state index is 11.5. The Balaban J connectivity index is 0.704. The van der Waals surface area contributed by atoms with Crippen molar-refractivity contribution >= 4 is 0 Å². The van der Waals surface area contributed by atoms with Crippen molar-refractivity contribution in [3.05, 3.63) is 249 Å². The Bertz CT molecular complexity index is 3580. The predicted octanol–water partition coefficient (Wildman–Crippen LogP) is 13.0. The fourth-order valence-electron chi connectivity index (χ4n) is 13.2. The van der Waals surface area contributed by atoms with Crippen molar-refractivity contribution in [3.63, 3.8) is 0 Å². The molecule has 2 saturated heterocycles. The average Bonchev–Trinajstić information content (AvgIpc) is 2.01. The molecule has 0 bridgehead atoms. The molecule has 8 aromatic carbocycles. The van der Waals surface area contributed by atoms with Crippen LogP contribution in [0.4, 0.5) is 0 Å². The van der Waals surface area contributed by atoms with E-state index in [4.69, 9.17) is 47.4 Å². The van der Waals surface area contributed by atoms with Crippen molar-refractivity contribution < 1.29 is 52.5 Å². The third-order valence-electron chi connectivity index (χ3n) is 18.0. The SMILES string of the molecule is CC(C)(OCC(O)COc1ccc(C2(c3ccc(C(C)(C)OCC4CO4)cc3)CC(c3ccccc3)c3cc4c(cc32)OCO4)cc1)c1ccc(C2(c3ccc(OCC4CO4)cc3)CC(c3ccccc3)c3cc4c(cc32)OCO4)cc1. The van der Waals surface area contributed by atoms with Gasteiger partial charge in [-0.15, -0.1) is 0 Å². The van der Waals surface area contributed by atoms with Gasteiger partial charge in [-0.1, -0.05) is 133 Å². The number of aliphatic hydroxyl groups is 1. The molecule has 0 radical (unpaired) electrons. The molecule has 11 nitrogen and oxygen atoms in total. The minimum Gasteiger partial charge on any atom is -0.491 e. The predicted molar refractivity (Wildman–Crippen MR) is 311 cm³/mol. The van der Waals surface area contributed by atoms with Crippen LogP contribution in [0.1, 0.15) is 119 Å². The Morgan fingerprint density at radius 1 is 0.463 bits per heavy atom. The number of benzene rings is 8. The molecule has 0 amide bonds. The molecule has 8 aromatic rings. The molecule has 4 heterocycles. The van der Waals surface area contributed by atoms with E-state index in [1.807, 2.05) is 26.0 Å². The van der Waals surface area contributed by atoms with E-state index in [0.29, 0.717) is 19.0 Å². The lowest BCUT2D eigenvalue weighted by molar-refractivity contribution is -0.0717. The molecule has 6 aliphatic rings. The number of hydrogen-bond donors (Lipinski definition) is 1. The average molecular weight is 1100 g/mol. The standard InChI is InChI=1S/C71H68O11/c1-68(2,47-15-19-49(20-16-47)71(52-25-29-55(30-26-52)74-39-56-40-75-56)36-61(46-13-9-6-10-14-46)59-32-65-67(34-63(59)71)80-44-78-65)81-38-53(72)37-73-54-27-23-51(24-28-54)70(50-21-17-48(18-22-50)69(3,4)82-42-57-41-76-57)35-60(45-11-7-5-8-12-45)58-31-64-66(33-62(58)70)79-43-77-64/h5-34,53,56-57,60-61,72H,35-44H2,1-4H3. The highest BCUT2D eigenvalue weighted by Gasteiger charge is 2.50. The molecule has 82 heavy (non-hydrogen) atoms. The molecule has 0 aromatic heterocycles. The summed E-state index contributed by atoms with van der Waals surface area (Å²) in [7, 11) is 0. The smallest absolute Gasteiger partial charge is 0.231 e. The molecule has 4 aliphatic heterocycles. The van der Waals surface area contributed by atoms with Gasteiger partial charge in [-0.25, -0.2) is 0 Å². The van der Waals surface area contributed by atoms with Gasteiger partial charge < -0.3 is 52.5 Å². The third-order valence-corrected chi connectivity index (χ3v) is 18.0. The molecule has 11 heteroatoms. The van der Waals surface area contributed by atoms with Crippen LogP contribution in [0.2, 0.25) is 0 Å². The van der Waals surface area contributed by atoms with E-state index in [-0.39, 0.29) is 50.8 Å². The van der Waals surface area contributed by atoms with Gasteiger partial charge in [0.15, 0.2) is 23.0 Å². The maximum Gasteiger partial charge on any atom is 0.231 e. The summed E-state index contributed by atoms with van der Waals surface area (Å²) >= 11 is 0. The Morgan fingerprint density at radius 3 is 1.29 bits per heavy atom. The number of rotatable bonds is 20. The largest absolute Gasteiger partial charge is 0.491 e. The Kier molecular flexibility index (Phi) is 13.4.